The van der Waals surface area contributed by atoms with E-state index in [4.69, 9.17) is 10.5 Å². The summed E-state index contributed by atoms with van der Waals surface area (Å²) < 4.78 is 45.8. The highest BCUT2D eigenvalue weighted by atomic mass is 19.2. The standard InChI is InChI=1S/C12H12F3N5O/c13-8-5-7(6-9(14)10(8)15)20-11(16)17-12(18-20)19-1-3-21-4-2-19/h5-6H,1-4H2,(H2,16,17,18). The molecule has 1 aromatic carbocycles. The predicted molar refractivity (Wildman–Crippen MR) is 68.7 cm³/mol. The number of nitrogens with zero attached hydrogens (tertiary/aromatic N) is 4. The van der Waals surface area contributed by atoms with Crippen LogP contribution in [0.25, 0.3) is 5.69 Å². The third-order valence-electron chi connectivity index (χ3n) is 3.13. The normalized spacial score (nSPS) is 15.5. The number of nitrogen functional groups attached to an aromatic ring is 1. The Morgan fingerprint density at radius 1 is 1.10 bits per heavy atom. The molecule has 2 N–H and O–H groups in total. The molecule has 1 aliphatic heterocycles. The molecule has 112 valence electrons. The van der Waals surface area contributed by atoms with Crippen molar-refractivity contribution in [1.29, 1.82) is 0 Å². The Kier molecular flexibility index (Phi) is 3.42. The SMILES string of the molecule is Nc1nc(N2CCOCC2)nn1-c1cc(F)c(F)c(F)c1. The Labute approximate surface area is 117 Å². The third-order valence-corrected chi connectivity index (χ3v) is 3.13. The first-order valence-corrected chi connectivity index (χ1v) is 6.26. The number of nitrogens with two attached hydrogens (primary N) is 1. The van der Waals surface area contributed by atoms with Crippen LogP contribution in [0.2, 0.25) is 0 Å². The number of rotatable bonds is 2. The molecule has 0 amide bonds. The average molecular weight is 299 g/mol. The van der Waals surface area contributed by atoms with Crippen molar-refractivity contribution < 1.29 is 17.9 Å². The van der Waals surface area contributed by atoms with Gasteiger partial charge in [-0.2, -0.15) is 9.67 Å². The van der Waals surface area contributed by atoms with Gasteiger partial charge in [-0.1, -0.05) is 0 Å². The minimum Gasteiger partial charge on any atom is -0.378 e. The van der Waals surface area contributed by atoms with Gasteiger partial charge in [-0.3, -0.25) is 0 Å². The summed E-state index contributed by atoms with van der Waals surface area (Å²) in [4.78, 5) is 5.89. The molecular weight excluding hydrogens is 287 g/mol. The van der Waals surface area contributed by atoms with Crippen molar-refractivity contribution >= 4 is 11.9 Å². The number of ether oxygens (including phenoxy) is 1. The van der Waals surface area contributed by atoms with Gasteiger partial charge in [0.05, 0.1) is 18.9 Å². The van der Waals surface area contributed by atoms with Crippen molar-refractivity contribution in [3.63, 3.8) is 0 Å². The van der Waals surface area contributed by atoms with E-state index in [0.29, 0.717) is 32.3 Å². The summed E-state index contributed by atoms with van der Waals surface area (Å²) in [6.45, 7) is 2.26. The van der Waals surface area contributed by atoms with Gasteiger partial charge in [-0.15, -0.1) is 5.10 Å². The minimum absolute atomic E-state index is 0.0316. The van der Waals surface area contributed by atoms with Crippen LogP contribution >= 0.6 is 0 Å². The maximum Gasteiger partial charge on any atom is 0.247 e. The summed E-state index contributed by atoms with van der Waals surface area (Å²) in [5.41, 5.74) is 5.68. The van der Waals surface area contributed by atoms with Crippen molar-refractivity contribution in [3.8, 4) is 5.69 Å². The molecule has 0 aliphatic carbocycles. The Morgan fingerprint density at radius 2 is 1.71 bits per heavy atom. The van der Waals surface area contributed by atoms with E-state index >= 15 is 0 Å². The third kappa shape index (κ3) is 2.51. The molecule has 1 fully saturated rings. The van der Waals surface area contributed by atoms with E-state index in [9.17, 15) is 13.2 Å². The van der Waals surface area contributed by atoms with Crippen molar-refractivity contribution in [2.75, 3.05) is 36.9 Å². The zero-order valence-electron chi connectivity index (χ0n) is 10.9. The van der Waals surface area contributed by atoms with Gasteiger partial charge in [0.2, 0.25) is 11.9 Å². The van der Waals surface area contributed by atoms with Crippen LogP contribution in [0.4, 0.5) is 25.1 Å². The van der Waals surface area contributed by atoms with Gasteiger partial charge in [0.25, 0.3) is 0 Å². The van der Waals surface area contributed by atoms with Gasteiger partial charge in [0.1, 0.15) is 0 Å². The lowest BCUT2D eigenvalue weighted by atomic mass is 10.3. The van der Waals surface area contributed by atoms with Gasteiger partial charge in [0.15, 0.2) is 17.5 Å². The van der Waals surface area contributed by atoms with Crippen molar-refractivity contribution in [2.45, 2.75) is 0 Å². The number of morpholine rings is 1. The van der Waals surface area contributed by atoms with E-state index < -0.39 is 17.5 Å². The lowest BCUT2D eigenvalue weighted by Crippen LogP contribution is -2.37. The molecule has 0 bridgehead atoms. The smallest absolute Gasteiger partial charge is 0.247 e. The summed E-state index contributed by atoms with van der Waals surface area (Å²) in [5, 5.41) is 4.11. The van der Waals surface area contributed by atoms with E-state index in [0.717, 1.165) is 16.8 Å². The average Bonchev–Trinajstić information content (AvgIpc) is 2.87. The number of aromatic nitrogens is 3. The maximum atomic E-state index is 13.3. The van der Waals surface area contributed by atoms with Crippen molar-refractivity contribution in [3.05, 3.63) is 29.6 Å². The summed E-state index contributed by atoms with van der Waals surface area (Å²) in [6, 6.07) is 1.62. The molecule has 0 radical (unpaired) electrons. The maximum absolute atomic E-state index is 13.3. The Morgan fingerprint density at radius 3 is 2.33 bits per heavy atom. The number of hydrogen-bond acceptors (Lipinski definition) is 5. The molecule has 0 saturated carbocycles. The lowest BCUT2D eigenvalue weighted by Gasteiger charge is -2.25. The highest BCUT2D eigenvalue weighted by molar-refractivity contribution is 5.43. The van der Waals surface area contributed by atoms with Crippen LogP contribution in [0.15, 0.2) is 12.1 Å². The molecule has 2 heterocycles. The van der Waals surface area contributed by atoms with E-state index in [1.165, 1.54) is 0 Å². The van der Waals surface area contributed by atoms with Gasteiger partial charge < -0.3 is 15.4 Å². The van der Waals surface area contributed by atoms with Crippen LogP contribution in [0, 0.1) is 17.5 Å². The zero-order chi connectivity index (χ0) is 15.0. The predicted octanol–water partition coefficient (Wildman–Crippen LogP) is 1.10. The molecule has 3 rings (SSSR count). The second kappa shape index (κ2) is 5.24. The fourth-order valence-corrected chi connectivity index (χ4v) is 2.06. The Hall–Kier alpha value is -2.29. The first-order chi connectivity index (χ1) is 10.1. The van der Waals surface area contributed by atoms with Crippen LogP contribution in [-0.2, 0) is 4.74 Å². The Bertz CT molecular complexity index is 646. The molecule has 1 aliphatic rings. The van der Waals surface area contributed by atoms with Gasteiger partial charge in [-0.05, 0) is 0 Å². The Balaban J connectivity index is 1.97. The number of hydrogen-bond donors (Lipinski definition) is 1. The van der Waals surface area contributed by atoms with Crippen LogP contribution in [0.3, 0.4) is 0 Å². The second-order valence-corrected chi connectivity index (χ2v) is 4.50. The number of halogens is 3. The summed E-state index contributed by atoms with van der Waals surface area (Å²) in [6.07, 6.45) is 0. The molecular formula is C12H12F3N5O. The van der Waals surface area contributed by atoms with Gasteiger partial charge in [0, 0.05) is 25.2 Å². The molecule has 0 unspecified atom stereocenters. The highest BCUT2D eigenvalue weighted by Crippen LogP contribution is 2.21. The highest BCUT2D eigenvalue weighted by Gasteiger charge is 2.19. The molecule has 0 spiro atoms. The van der Waals surface area contributed by atoms with Crippen molar-refractivity contribution in [2.24, 2.45) is 0 Å². The van der Waals surface area contributed by atoms with Gasteiger partial charge in [-0.25, -0.2) is 13.2 Å². The first-order valence-electron chi connectivity index (χ1n) is 6.26. The van der Waals surface area contributed by atoms with Crippen LogP contribution < -0.4 is 10.6 Å². The van der Waals surface area contributed by atoms with Gasteiger partial charge >= 0.3 is 0 Å². The lowest BCUT2D eigenvalue weighted by molar-refractivity contribution is 0.122. The molecule has 21 heavy (non-hydrogen) atoms. The topological polar surface area (TPSA) is 69.2 Å². The monoisotopic (exact) mass is 299 g/mol. The van der Waals surface area contributed by atoms with Crippen LogP contribution in [-0.4, -0.2) is 41.1 Å². The summed E-state index contributed by atoms with van der Waals surface area (Å²) >= 11 is 0. The molecule has 0 atom stereocenters. The number of anilines is 2. The quantitative estimate of drug-likeness (QED) is 0.841. The zero-order valence-corrected chi connectivity index (χ0v) is 10.9. The van der Waals surface area contributed by atoms with Crippen LogP contribution in [0.5, 0.6) is 0 Å². The van der Waals surface area contributed by atoms with E-state index in [-0.39, 0.29) is 11.6 Å². The summed E-state index contributed by atoms with van der Waals surface area (Å²) in [5.74, 6) is -3.87. The van der Waals surface area contributed by atoms with E-state index in [1.807, 2.05) is 4.90 Å². The minimum atomic E-state index is -1.54. The fraction of sp³-hybridized carbons (Fsp3) is 0.333. The molecule has 9 heteroatoms. The molecule has 2 aromatic rings. The number of benzene rings is 1. The van der Waals surface area contributed by atoms with E-state index in [1.54, 1.807) is 0 Å². The second-order valence-electron chi connectivity index (χ2n) is 4.50. The van der Waals surface area contributed by atoms with E-state index in [2.05, 4.69) is 10.1 Å². The fourth-order valence-electron chi connectivity index (χ4n) is 2.06. The summed E-state index contributed by atoms with van der Waals surface area (Å²) in [7, 11) is 0. The molecule has 1 aromatic heterocycles. The van der Waals surface area contributed by atoms with Crippen LogP contribution in [0.1, 0.15) is 0 Å². The first kappa shape index (κ1) is 13.7. The molecule has 6 nitrogen and oxygen atoms in total. The largest absolute Gasteiger partial charge is 0.378 e. The van der Waals surface area contributed by atoms with Crippen molar-refractivity contribution in [1.82, 2.24) is 14.8 Å². The molecule has 1 saturated heterocycles.